The fourth-order valence-corrected chi connectivity index (χ4v) is 5.94. The quantitative estimate of drug-likeness (QED) is 0.519. The maximum Gasteiger partial charge on any atom is 0.397 e. The zero-order chi connectivity index (χ0) is 30.5. The zero-order valence-electron chi connectivity index (χ0n) is 23.6. The maximum absolute atomic E-state index is 14.0. The van der Waals surface area contributed by atoms with Gasteiger partial charge in [0.1, 0.15) is 18.1 Å². The Morgan fingerprint density at radius 3 is 2.46 bits per heavy atom. The van der Waals surface area contributed by atoms with Crippen molar-refractivity contribution in [3.05, 3.63) is 41.5 Å². The monoisotopic (exact) mass is 573 g/mol. The first-order valence-corrected chi connectivity index (χ1v) is 13.5. The summed E-state index contributed by atoms with van der Waals surface area (Å²) in [5.41, 5.74) is -1.87. The van der Waals surface area contributed by atoms with Crippen LogP contribution in [0, 0.1) is 22.7 Å². The van der Waals surface area contributed by atoms with Crippen molar-refractivity contribution in [2.45, 2.75) is 76.7 Å². The Hall–Kier alpha value is -3.88. The predicted molar refractivity (Wildman–Crippen MR) is 143 cm³/mol. The lowest BCUT2D eigenvalue weighted by Crippen LogP contribution is -2.56. The van der Waals surface area contributed by atoms with Crippen molar-refractivity contribution in [1.29, 1.82) is 5.26 Å². The van der Waals surface area contributed by atoms with Crippen molar-refractivity contribution in [3.63, 3.8) is 0 Å². The number of likely N-dealkylation sites (N-methyl/N-ethyl adjacent to an activating group) is 1. The minimum absolute atomic E-state index is 0.0258. The van der Waals surface area contributed by atoms with Crippen molar-refractivity contribution in [2.75, 3.05) is 18.9 Å². The lowest BCUT2D eigenvalue weighted by Gasteiger charge is -2.38. The molecule has 1 aromatic carbocycles. The van der Waals surface area contributed by atoms with Crippen LogP contribution in [-0.2, 0) is 24.6 Å². The highest BCUT2D eigenvalue weighted by Crippen LogP contribution is 2.51. The van der Waals surface area contributed by atoms with Gasteiger partial charge in [0, 0.05) is 31.3 Å². The second-order valence-corrected chi connectivity index (χ2v) is 11.9. The maximum atomic E-state index is 14.0. The average molecular weight is 574 g/mol. The predicted octanol–water partition coefficient (Wildman–Crippen LogP) is 3.28. The van der Waals surface area contributed by atoms with E-state index in [2.05, 4.69) is 16.7 Å². The number of carbonyl (C=O) groups is 4. The van der Waals surface area contributed by atoms with Gasteiger partial charge in [-0.05, 0) is 44.2 Å². The van der Waals surface area contributed by atoms with Gasteiger partial charge in [-0.25, -0.2) is 0 Å². The first kappa shape index (κ1) is 30.1. The summed E-state index contributed by atoms with van der Waals surface area (Å²) in [5, 5.41) is 15.2. The molecule has 2 heterocycles. The number of hydrogen-bond donors (Lipinski definition) is 2. The number of alkyl halides is 3. The number of nitriles is 1. The molecule has 9 nitrogen and oxygen atoms in total. The number of allylic oxidation sites excluding steroid dienone is 1. The Kier molecular flexibility index (Phi) is 7.71. The third-order valence-corrected chi connectivity index (χ3v) is 8.42. The van der Waals surface area contributed by atoms with Crippen molar-refractivity contribution in [1.82, 2.24) is 15.1 Å². The molecular weight excluding hydrogens is 539 g/mol. The van der Waals surface area contributed by atoms with Crippen LogP contribution >= 0.6 is 0 Å². The second-order valence-electron chi connectivity index (χ2n) is 11.9. The molecular formula is C29H34F3N5O4. The molecule has 1 unspecified atom stereocenters. The van der Waals surface area contributed by atoms with Crippen molar-refractivity contribution in [3.8, 4) is 6.07 Å². The highest BCUT2D eigenvalue weighted by Gasteiger charge is 2.57. The van der Waals surface area contributed by atoms with Crippen molar-refractivity contribution < 1.29 is 32.3 Å². The van der Waals surface area contributed by atoms with Gasteiger partial charge in [-0.2, -0.15) is 18.4 Å². The van der Waals surface area contributed by atoms with Crippen LogP contribution in [0.2, 0.25) is 0 Å². The van der Waals surface area contributed by atoms with Gasteiger partial charge in [-0.1, -0.05) is 38.1 Å². The summed E-state index contributed by atoms with van der Waals surface area (Å²) in [5.74, 6) is -2.19. The highest BCUT2D eigenvalue weighted by atomic mass is 19.4. The summed E-state index contributed by atoms with van der Waals surface area (Å²) in [6.45, 7) is 6.12. The first-order valence-electron chi connectivity index (χ1n) is 13.5. The molecule has 0 aromatic heterocycles. The van der Waals surface area contributed by atoms with Crippen molar-refractivity contribution in [2.24, 2.45) is 11.3 Å². The number of nitrogens with zero attached hydrogens (tertiary/aromatic N) is 3. The molecule has 3 aliphatic rings. The molecule has 220 valence electrons. The molecule has 2 aliphatic heterocycles. The number of para-hydroxylation sites is 1. The van der Waals surface area contributed by atoms with Gasteiger partial charge >= 0.3 is 6.18 Å². The third-order valence-electron chi connectivity index (χ3n) is 8.42. The first-order chi connectivity index (χ1) is 19.0. The van der Waals surface area contributed by atoms with Crippen LogP contribution in [0.5, 0.6) is 0 Å². The minimum atomic E-state index is -4.49. The normalized spacial score (nSPS) is 26.4. The van der Waals surface area contributed by atoms with Gasteiger partial charge in [0.15, 0.2) is 0 Å². The van der Waals surface area contributed by atoms with E-state index < -0.39 is 59.3 Å². The molecule has 4 rings (SSSR count). The van der Waals surface area contributed by atoms with E-state index in [1.165, 1.54) is 23.8 Å². The lowest BCUT2D eigenvalue weighted by molar-refractivity contribution is -0.206. The Morgan fingerprint density at radius 2 is 1.88 bits per heavy atom. The van der Waals surface area contributed by atoms with Gasteiger partial charge in [0.05, 0.1) is 16.9 Å². The number of likely N-dealkylation sites (tertiary alicyclic amines) is 1. The van der Waals surface area contributed by atoms with Crippen LogP contribution in [0.15, 0.2) is 35.9 Å². The van der Waals surface area contributed by atoms with Crippen LogP contribution in [0.25, 0.3) is 0 Å². The lowest BCUT2D eigenvalue weighted by atomic mass is 9.71. The second kappa shape index (κ2) is 10.5. The van der Waals surface area contributed by atoms with Crippen LogP contribution in [0.1, 0.15) is 52.5 Å². The molecule has 2 N–H and O–H groups in total. The van der Waals surface area contributed by atoms with Crippen molar-refractivity contribution >= 4 is 29.3 Å². The van der Waals surface area contributed by atoms with Gasteiger partial charge in [0.25, 0.3) is 0 Å². The van der Waals surface area contributed by atoms with E-state index >= 15 is 0 Å². The van der Waals surface area contributed by atoms with Gasteiger partial charge in [-0.15, -0.1) is 0 Å². The Morgan fingerprint density at radius 1 is 1.24 bits per heavy atom. The Bertz CT molecular complexity index is 1350. The molecule has 41 heavy (non-hydrogen) atoms. The topological polar surface area (TPSA) is 123 Å². The Balaban J connectivity index is 1.52. The van der Waals surface area contributed by atoms with E-state index in [1.807, 2.05) is 13.8 Å². The molecule has 0 bridgehead atoms. The van der Waals surface area contributed by atoms with Crippen LogP contribution in [-0.4, -0.2) is 71.3 Å². The number of rotatable bonds is 7. The standard InChI is InChI=1S/C29H34F3N5O4/c1-16(2)10-22(36(5)24(39)17(3)34-23(38)18-11-27(4,12-18)29(30,31)32)25(40)37-15-28(13-19(37)14-33)20-8-6-7-9-21(20)35-26(28)41/h6-9,11,16-17,19,22H,10,12-13,15H2,1-5H3,(H,34,38)(H,35,41)/t17-,19-,22-,27?,28-/m0/s1. The van der Waals surface area contributed by atoms with E-state index in [-0.39, 0.29) is 36.8 Å². The summed E-state index contributed by atoms with van der Waals surface area (Å²) < 4.78 is 39.4. The molecule has 1 aromatic rings. The van der Waals surface area contributed by atoms with Gasteiger partial charge in [-0.3, -0.25) is 19.2 Å². The molecule has 1 spiro atoms. The number of amides is 4. The smallest absolute Gasteiger partial charge is 0.341 e. The number of benzene rings is 1. The van der Waals surface area contributed by atoms with E-state index in [0.29, 0.717) is 11.3 Å². The summed E-state index contributed by atoms with van der Waals surface area (Å²) in [4.78, 5) is 55.6. The molecule has 0 radical (unpaired) electrons. The SMILES string of the molecule is CC(C)C[C@@H](C(=O)N1C[C@]2(C[C@H]1C#N)C(=O)Nc1ccccc12)N(C)C(=O)[C@H](C)NC(=O)C1=CC(C)(C(F)(F)F)C1. The number of anilines is 1. The summed E-state index contributed by atoms with van der Waals surface area (Å²) in [6, 6.07) is 6.26. The molecule has 4 amide bonds. The number of nitrogens with one attached hydrogen (secondary N) is 2. The summed E-state index contributed by atoms with van der Waals surface area (Å²) in [7, 11) is 1.42. The van der Waals surface area contributed by atoms with E-state index in [0.717, 1.165) is 13.0 Å². The number of fused-ring (bicyclic) bond motifs is 2. The van der Waals surface area contributed by atoms with E-state index in [1.54, 1.807) is 24.3 Å². The third kappa shape index (κ3) is 5.18. The molecule has 5 atom stereocenters. The fourth-order valence-electron chi connectivity index (χ4n) is 5.94. The largest absolute Gasteiger partial charge is 0.397 e. The number of hydrogen-bond acceptors (Lipinski definition) is 5. The molecule has 12 heteroatoms. The highest BCUT2D eigenvalue weighted by molar-refractivity contribution is 6.07. The Labute approximate surface area is 236 Å². The average Bonchev–Trinajstić information content (AvgIpc) is 3.41. The van der Waals surface area contributed by atoms with E-state index in [4.69, 9.17) is 0 Å². The molecule has 1 saturated heterocycles. The zero-order valence-corrected chi connectivity index (χ0v) is 23.6. The van der Waals surface area contributed by atoms with Crippen LogP contribution in [0.3, 0.4) is 0 Å². The summed E-state index contributed by atoms with van der Waals surface area (Å²) >= 11 is 0. The van der Waals surface area contributed by atoms with Gasteiger partial charge in [0.2, 0.25) is 23.6 Å². The molecule has 1 fully saturated rings. The molecule has 0 saturated carbocycles. The molecule has 1 aliphatic carbocycles. The number of halogens is 3. The van der Waals surface area contributed by atoms with Crippen LogP contribution in [0.4, 0.5) is 18.9 Å². The fraction of sp³-hybridized carbons (Fsp3) is 0.552. The van der Waals surface area contributed by atoms with Crippen LogP contribution < -0.4 is 10.6 Å². The number of carbonyl (C=O) groups excluding carboxylic acids is 4. The minimum Gasteiger partial charge on any atom is -0.341 e. The van der Waals surface area contributed by atoms with Gasteiger partial charge < -0.3 is 20.4 Å². The summed E-state index contributed by atoms with van der Waals surface area (Å²) in [6.07, 6.45) is -3.75. The van der Waals surface area contributed by atoms with E-state index in [9.17, 15) is 37.6 Å².